The second-order valence-electron chi connectivity index (χ2n) is 2.42. The van der Waals surface area contributed by atoms with Crippen LogP contribution in [0.25, 0.3) is 0 Å². The van der Waals surface area contributed by atoms with Crippen LogP contribution in [-0.4, -0.2) is 28.6 Å². The van der Waals surface area contributed by atoms with Crippen LogP contribution in [0.15, 0.2) is 0 Å². The van der Waals surface area contributed by atoms with Gasteiger partial charge in [0.15, 0.2) is 0 Å². The molecule has 0 saturated heterocycles. The number of carboxylic acid groups (broad SMARTS) is 3. The molecule has 0 aromatic heterocycles. The van der Waals surface area contributed by atoms with Gasteiger partial charge in [-0.05, 0) is 0 Å². The van der Waals surface area contributed by atoms with E-state index in [0.717, 1.165) is 0 Å². The molecule has 0 atom stereocenters. The number of halogens is 1. The first-order chi connectivity index (χ1) is 5.78. The van der Waals surface area contributed by atoms with E-state index in [-0.39, 0.29) is 42.0 Å². The fourth-order valence-electron chi connectivity index (χ4n) is 0.684. The Balaban J connectivity index is -0.000000720. The molecule has 0 aliphatic carbocycles. The van der Waals surface area contributed by atoms with E-state index in [0.29, 0.717) is 0 Å². The summed E-state index contributed by atoms with van der Waals surface area (Å²) < 4.78 is 0. The number of aliphatic carboxylic acids is 3. The molecule has 0 rings (SSSR count). The van der Waals surface area contributed by atoms with E-state index in [1.165, 1.54) is 0 Å². The van der Waals surface area contributed by atoms with Gasteiger partial charge in [0.25, 0.3) is 0 Å². The summed E-state index contributed by atoms with van der Waals surface area (Å²) in [7, 11) is 0. The minimum absolute atomic E-state index is 0. The Hall–Kier alpha value is -0.340. The third kappa shape index (κ3) is 7.57. The van der Waals surface area contributed by atoms with Gasteiger partial charge >= 0.3 is 29.6 Å². The Kier molecular flexibility index (Phi) is 10.6. The number of carbonyl (C=O) groups is 3. The second-order valence-corrected chi connectivity index (χ2v) is 2.42. The minimum atomic E-state index is -2.97. The number of hydrogen-bond acceptors (Lipinski definition) is 7. The van der Waals surface area contributed by atoms with Crippen molar-refractivity contribution in [3.8, 4) is 0 Å². The van der Waals surface area contributed by atoms with Crippen LogP contribution >= 0.6 is 0 Å². The van der Waals surface area contributed by atoms with E-state index in [9.17, 15) is 29.7 Å². The number of rotatable bonds is 5. The number of carboxylic acids is 3. The van der Waals surface area contributed by atoms with Gasteiger partial charge in [0, 0.05) is 24.8 Å². The Labute approximate surface area is 113 Å². The molecule has 0 bridgehead atoms. The summed E-state index contributed by atoms with van der Waals surface area (Å²) in [6.45, 7) is 0. The van der Waals surface area contributed by atoms with Crippen LogP contribution in [0.5, 0.6) is 0 Å². The molecule has 0 amide bonds. The molecule has 0 radical (unpaired) electrons. The summed E-state index contributed by atoms with van der Waals surface area (Å²) in [4.78, 5) is 30.0. The third-order valence-corrected chi connectivity index (χ3v) is 1.25. The standard InChI is InChI=1S/C6H8O7.ClH.Na/c7-3(8)1-6(13,5(11)12)2-4(9)10;;/h13H,1-2H2,(H,7,8)(H,9,10)(H,11,12);1H;/q;;+1/p-4. The van der Waals surface area contributed by atoms with Gasteiger partial charge in [-0.3, -0.25) is 0 Å². The molecule has 0 unspecified atom stereocenters. The molecular formula is C6H5ClNaO7-3. The van der Waals surface area contributed by atoms with Crippen LogP contribution in [0, 0.1) is 0 Å². The molecule has 1 N–H and O–H groups in total. The average molecular weight is 248 g/mol. The van der Waals surface area contributed by atoms with E-state index in [1.54, 1.807) is 0 Å². The van der Waals surface area contributed by atoms with Crippen LogP contribution in [0.1, 0.15) is 12.8 Å². The minimum Gasteiger partial charge on any atom is -1.00 e. The smallest absolute Gasteiger partial charge is 1.00 e. The molecular weight excluding hydrogens is 243 g/mol. The van der Waals surface area contributed by atoms with E-state index < -0.39 is 36.4 Å². The van der Waals surface area contributed by atoms with E-state index in [2.05, 4.69) is 0 Å². The summed E-state index contributed by atoms with van der Waals surface area (Å²) in [6, 6.07) is 0. The predicted molar refractivity (Wildman–Crippen MR) is 29.2 cm³/mol. The summed E-state index contributed by atoms with van der Waals surface area (Å²) in [5, 5.41) is 38.9. The van der Waals surface area contributed by atoms with Crippen molar-refractivity contribution in [2.45, 2.75) is 18.4 Å². The van der Waals surface area contributed by atoms with Gasteiger partial charge in [0.2, 0.25) is 0 Å². The monoisotopic (exact) mass is 247 g/mol. The molecule has 0 fully saturated rings. The Morgan fingerprint density at radius 1 is 1.00 bits per heavy atom. The van der Waals surface area contributed by atoms with Crippen LogP contribution in [-0.2, 0) is 14.4 Å². The van der Waals surface area contributed by atoms with Crippen molar-refractivity contribution >= 4 is 17.9 Å². The fourth-order valence-corrected chi connectivity index (χ4v) is 0.684. The SMILES string of the molecule is O=C([O-])CC(O)(CC(=O)[O-])C(=O)[O-].[Cl-].[Na+]. The first-order valence-electron chi connectivity index (χ1n) is 3.11. The van der Waals surface area contributed by atoms with E-state index >= 15 is 0 Å². The molecule has 0 aliphatic rings. The first-order valence-corrected chi connectivity index (χ1v) is 3.11. The van der Waals surface area contributed by atoms with Gasteiger partial charge in [-0.25, -0.2) is 0 Å². The molecule has 0 aliphatic heterocycles. The van der Waals surface area contributed by atoms with Gasteiger partial charge in [0.1, 0.15) is 5.60 Å². The zero-order chi connectivity index (χ0) is 10.6. The second kappa shape index (κ2) is 7.89. The largest absolute Gasteiger partial charge is 1.00 e. The van der Waals surface area contributed by atoms with Crippen molar-refractivity contribution in [3.05, 3.63) is 0 Å². The Morgan fingerprint density at radius 3 is 1.40 bits per heavy atom. The molecule has 15 heavy (non-hydrogen) atoms. The number of aliphatic hydroxyl groups is 1. The number of carbonyl (C=O) groups excluding carboxylic acids is 3. The van der Waals surface area contributed by atoms with E-state index in [4.69, 9.17) is 5.11 Å². The molecule has 0 spiro atoms. The van der Waals surface area contributed by atoms with Crippen molar-refractivity contribution in [2.75, 3.05) is 0 Å². The maximum absolute atomic E-state index is 10.1. The first kappa shape index (κ1) is 20.1. The van der Waals surface area contributed by atoms with E-state index in [1.807, 2.05) is 0 Å². The molecule has 0 aromatic carbocycles. The molecule has 0 aromatic rings. The predicted octanol–water partition coefficient (Wildman–Crippen LogP) is -11.2. The number of hydrogen-bond donors (Lipinski definition) is 1. The van der Waals surface area contributed by atoms with Crippen LogP contribution in [0.3, 0.4) is 0 Å². The van der Waals surface area contributed by atoms with Crippen molar-refractivity contribution in [1.29, 1.82) is 0 Å². The Bertz CT molecular complexity index is 238. The average Bonchev–Trinajstić information content (AvgIpc) is 1.82. The van der Waals surface area contributed by atoms with Gasteiger partial charge < -0.3 is 47.2 Å². The normalized spacial score (nSPS) is 9.40. The zero-order valence-corrected chi connectivity index (χ0v) is 10.4. The van der Waals surface area contributed by atoms with Crippen molar-refractivity contribution in [3.63, 3.8) is 0 Å². The molecule has 7 nitrogen and oxygen atoms in total. The maximum atomic E-state index is 10.1. The Morgan fingerprint density at radius 2 is 1.27 bits per heavy atom. The van der Waals surface area contributed by atoms with Crippen molar-refractivity contribution in [1.82, 2.24) is 0 Å². The fraction of sp³-hybridized carbons (Fsp3) is 0.500. The van der Waals surface area contributed by atoms with Gasteiger partial charge in [-0.15, -0.1) is 0 Å². The van der Waals surface area contributed by atoms with Gasteiger partial charge in [0.05, 0.1) is 5.97 Å². The van der Waals surface area contributed by atoms with Gasteiger partial charge in [-0.1, -0.05) is 0 Å². The quantitative estimate of drug-likeness (QED) is 0.475. The van der Waals surface area contributed by atoms with Gasteiger partial charge in [-0.2, -0.15) is 0 Å². The van der Waals surface area contributed by atoms with Crippen LogP contribution in [0.2, 0.25) is 0 Å². The van der Waals surface area contributed by atoms with Crippen LogP contribution < -0.4 is 57.3 Å². The zero-order valence-electron chi connectivity index (χ0n) is 7.69. The summed E-state index contributed by atoms with van der Waals surface area (Å²) in [6.07, 6.45) is -2.72. The molecule has 0 saturated carbocycles. The maximum Gasteiger partial charge on any atom is 1.00 e. The summed E-state index contributed by atoms with van der Waals surface area (Å²) in [5.41, 5.74) is -2.97. The molecule has 0 heterocycles. The summed E-state index contributed by atoms with van der Waals surface area (Å²) >= 11 is 0. The topological polar surface area (TPSA) is 141 Å². The van der Waals surface area contributed by atoms with Crippen LogP contribution in [0.4, 0.5) is 0 Å². The van der Waals surface area contributed by atoms with Crippen molar-refractivity contribution < 1.29 is 76.8 Å². The molecule has 9 heteroatoms. The summed E-state index contributed by atoms with van der Waals surface area (Å²) in [5.74, 6) is -5.98. The van der Waals surface area contributed by atoms with Crippen molar-refractivity contribution in [2.24, 2.45) is 0 Å². The third-order valence-electron chi connectivity index (χ3n) is 1.25. The molecule has 82 valence electrons.